The quantitative estimate of drug-likeness (QED) is 0.783. The highest BCUT2D eigenvalue weighted by molar-refractivity contribution is 7.89. The molecule has 0 bridgehead atoms. The van der Waals surface area contributed by atoms with Crippen molar-refractivity contribution in [2.45, 2.75) is 37.1 Å². The molecule has 1 atom stereocenters. The predicted molar refractivity (Wildman–Crippen MR) is 118 cm³/mol. The third-order valence-electron chi connectivity index (χ3n) is 5.80. The lowest BCUT2D eigenvalue weighted by Gasteiger charge is -2.38. The van der Waals surface area contributed by atoms with Gasteiger partial charge in [0.2, 0.25) is 10.0 Å². The summed E-state index contributed by atoms with van der Waals surface area (Å²) in [5.74, 6) is 0. The molecule has 2 aromatic rings. The average Bonchev–Trinajstić information content (AvgIpc) is 3.08. The topological polar surface area (TPSA) is 57.6 Å². The normalized spacial score (nSPS) is 18.1. The van der Waals surface area contributed by atoms with Gasteiger partial charge in [0.25, 0.3) is 0 Å². The lowest BCUT2D eigenvalue weighted by Crippen LogP contribution is -2.48. The van der Waals surface area contributed by atoms with E-state index in [4.69, 9.17) is 0 Å². The average molecular weight is 419 g/mol. The zero-order valence-electron chi connectivity index (χ0n) is 18.2. The van der Waals surface area contributed by atoms with Gasteiger partial charge in [0, 0.05) is 51.7 Å². The number of aromatic nitrogens is 1. The molecule has 1 aromatic heterocycles. The highest BCUT2D eigenvalue weighted by atomic mass is 32.2. The maximum Gasteiger partial charge on any atom is 0.240 e. The molecule has 1 saturated heterocycles. The molecule has 29 heavy (non-hydrogen) atoms. The number of piperazine rings is 1. The summed E-state index contributed by atoms with van der Waals surface area (Å²) in [6, 6.07) is 11.3. The van der Waals surface area contributed by atoms with Crippen LogP contribution < -0.4 is 4.72 Å². The second-order valence-electron chi connectivity index (χ2n) is 9.03. The van der Waals surface area contributed by atoms with Crippen LogP contribution >= 0.6 is 0 Å². The fourth-order valence-electron chi connectivity index (χ4n) is 3.78. The van der Waals surface area contributed by atoms with Crippen LogP contribution in [0, 0.1) is 0 Å². The molecule has 1 aliphatic heterocycles. The standard InChI is InChI=1S/C22H34N4O2S/c1-22(2,3)18-8-10-19(11-9-18)29(27,28)23-17-21(20-7-6-12-25(20)5)26-15-13-24(4)14-16-26/h6-12,21,23H,13-17H2,1-5H3/t21-/m1/s1. The van der Waals surface area contributed by atoms with E-state index in [2.05, 4.69) is 53.0 Å². The van der Waals surface area contributed by atoms with Crippen molar-refractivity contribution in [1.82, 2.24) is 19.1 Å². The minimum Gasteiger partial charge on any atom is -0.353 e. The maximum absolute atomic E-state index is 12.9. The Hall–Kier alpha value is -1.67. The van der Waals surface area contributed by atoms with Crippen LogP contribution in [-0.4, -0.2) is 62.6 Å². The van der Waals surface area contributed by atoms with Crippen LogP contribution in [0.3, 0.4) is 0 Å². The number of nitrogens with one attached hydrogen (secondary N) is 1. The first-order valence-electron chi connectivity index (χ1n) is 10.2. The number of benzene rings is 1. The summed E-state index contributed by atoms with van der Waals surface area (Å²) in [5.41, 5.74) is 2.24. The first kappa shape index (κ1) is 22.0. The van der Waals surface area contributed by atoms with E-state index < -0.39 is 10.0 Å². The second kappa shape index (κ2) is 8.60. The fourth-order valence-corrected chi connectivity index (χ4v) is 4.82. The highest BCUT2D eigenvalue weighted by Gasteiger charge is 2.27. The zero-order valence-corrected chi connectivity index (χ0v) is 19.0. The molecule has 0 aliphatic carbocycles. The molecule has 0 unspecified atom stereocenters. The van der Waals surface area contributed by atoms with Crippen molar-refractivity contribution < 1.29 is 8.42 Å². The highest BCUT2D eigenvalue weighted by Crippen LogP contribution is 2.25. The number of aryl methyl sites for hydroxylation is 1. The van der Waals surface area contributed by atoms with Crippen LogP contribution in [0.2, 0.25) is 0 Å². The van der Waals surface area contributed by atoms with Gasteiger partial charge in [-0.1, -0.05) is 32.9 Å². The molecule has 160 valence electrons. The smallest absolute Gasteiger partial charge is 0.240 e. The molecule has 2 heterocycles. The molecule has 0 amide bonds. The fraction of sp³-hybridized carbons (Fsp3) is 0.545. The Bertz CT molecular complexity index is 905. The Kier molecular flexibility index (Phi) is 6.53. The van der Waals surface area contributed by atoms with E-state index in [-0.39, 0.29) is 11.5 Å². The maximum atomic E-state index is 12.9. The van der Waals surface area contributed by atoms with Gasteiger partial charge in [0.1, 0.15) is 0 Å². The minimum absolute atomic E-state index is 0.00519. The van der Waals surface area contributed by atoms with Crippen LogP contribution in [0.5, 0.6) is 0 Å². The summed E-state index contributed by atoms with van der Waals surface area (Å²) in [5, 5.41) is 0. The lowest BCUT2D eigenvalue weighted by molar-refractivity contribution is 0.109. The van der Waals surface area contributed by atoms with Crippen molar-refractivity contribution in [2.75, 3.05) is 39.8 Å². The summed E-state index contributed by atoms with van der Waals surface area (Å²) >= 11 is 0. The SMILES string of the molecule is CN1CCN([C@H](CNS(=O)(=O)c2ccc(C(C)(C)C)cc2)c2cccn2C)CC1. The monoisotopic (exact) mass is 418 g/mol. The minimum atomic E-state index is -3.57. The lowest BCUT2D eigenvalue weighted by atomic mass is 9.87. The molecule has 3 rings (SSSR count). The van der Waals surface area contributed by atoms with Gasteiger partial charge in [-0.05, 0) is 42.3 Å². The number of rotatable bonds is 6. The molecule has 1 fully saturated rings. The van der Waals surface area contributed by atoms with Crippen molar-refractivity contribution in [3.63, 3.8) is 0 Å². The molecule has 1 N–H and O–H groups in total. The Morgan fingerprint density at radius 1 is 1.00 bits per heavy atom. The second-order valence-corrected chi connectivity index (χ2v) is 10.8. The predicted octanol–water partition coefficient (Wildman–Crippen LogP) is 2.59. The van der Waals surface area contributed by atoms with E-state index in [1.54, 1.807) is 12.1 Å². The van der Waals surface area contributed by atoms with Crippen molar-refractivity contribution in [2.24, 2.45) is 7.05 Å². The first-order chi connectivity index (χ1) is 13.6. The van der Waals surface area contributed by atoms with Crippen LogP contribution in [0.25, 0.3) is 0 Å². The number of likely N-dealkylation sites (N-methyl/N-ethyl adjacent to an activating group) is 1. The van der Waals surface area contributed by atoms with Gasteiger partial charge >= 0.3 is 0 Å². The molecular formula is C22H34N4O2S. The Morgan fingerprint density at radius 3 is 2.14 bits per heavy atom. The first-order valence-corrected chi connectivity index (χ1v) is 11.7. The van der Waals surface area contributed by atoms with Gasteiger partial charge in [0.05, 0.1) is 10.9 Å². The molecule has 0 radical (unpaired) electrons. The summed E-state index contributed by atoms with van der Waals surface area (Å²) in [7, 11) is 0.569. The van der Waals surface area contributed by atoms with E-state index in [0.717, 1.165) is 37.4 Å². The largest absolute Gasteiger partial charge is 0.353 e. The van der Waals surface area contributed by atoms with Crippen LogP contribution in [0.15, 0.2) is 47.5 Å². The molecular weight excluding hydrogens is 384 g/mol. The molecule has 1 aromatic carbocycles. The van der Waals surface area contributed by atoms with Crippen LogP contribution in [-0.2, 0) is 22.5 Å². The van der Waals surface area contributed by atoms with Crippen molar-refractivity contribution in [3.8, 4) is 0 Å². The summed E-state index contributed by atoms with van der Waals surface area (Å²) in [6.45, 7) is 10.5. The Balaban J connectivity index is 1.77. The molecule has 1 aliphatic rings. The van der Waals surface area contributed by atoms with E-state index in [1.165, 1.54) is 0 Å². The molecule has 0 saturated carbocycles. The number of sulfonamides is 1. The van der Waals surface area contributed by atoms with Gasteiger partial charge in [-0.2, -0.15) is 0 Å². The van der Waals surface area contributed by atoms with Crippen LogP contribution in [0.1, 0.15) is 38.1 Å². The summed E-state index contributed by atoms with van der Waals surface area (Å²) in [6.07, 6.45) is 2.01. The van der Waals surface area contributed by atoms with E-state index in [1.807, 2.05) is 31.4 Å². The van der Waals surface area contributed by atoms with Gasteiger partial charge in [-0.3, -0.25) is 4.90 Å². The van der Waals surface area contributed by atoms with Gasteiger partial charge in [-0.15, -0.1) is 0 Å². The van der Waals surface area contributed by atoms with Gasteiger partial charge in [0.15, 0.2) is 0 Å². The molecule has 6 nitrogen and oxygen atoms in total. The van der Waals surface area contributed by atoms with Crippen LogP contribution in [0.4, 0.5) is 0 Å². The summed E-state index contributed by atoms with van der Waals surface area (Å²) in [4.78, 5) is 4.99. The third-order valence-corrected chi connectivity index (χ3v) is 7.24. The Morgan fingerprint density at radius 2 is 1.62 bits per heavy atom. The zero-order chi connectivity index (χ0) is 21.2. The number of hydrogen-bond donors (Lipinski definition) is 1. The third kappa shape index (κ3) is 5.28. The molecule has 0 spiro atoms. The van der Waals surface area contributed by atoms with E-state index in [9.17, 15) is 8.42 Å². The summed E-state index contributed by atoms with van der Waals surface area (Å²) < 4.78 is 30.8. The van der Waals surface area contributed by atoms with Crippen molar-refractivity contribution in [3.05, 3.63) is 53.9 Å². The molecule has 7 heteroatoms. The van der Waals surface area contributed by atoms with E-state index in [0.29, 0.717) is 11.4 Å². The van der Waals surface area contributed by atoms with Crippen molar-refractivity contribution >= 4 is 10.0 Å². The van der Waals surface area contributed by atoms with Crippen molar-refractivity contribution in [1.29, 1.82) is 0 Å². The van der Waals surface area contributed by atoms with E-state index >= 15 is 0 Å². The van der Waals surface area contributed by atoms with Gasteiger partial charge < -0.3 is 9.47 Å². The Labute approximate surface area is 175 Å². The van der Waals surface area contributed by atoms with Gasteiger partial charge in [-0.25, -0.2) is 13.1 Å². The number of nitrogens with zero attached hydrogens (tertiary/aromatic N) is 3. The number of hydrogen-bond acceptors (Lipinski definition) is 4.